The number of carbonyl (C=O) groups excluding carboxylic acids is 1. The Labute approximate surface area is 84.4 Å². The number of hydrogen-bond donors (Lipinski definition) is 0. The first-order valence-corrected chi connectivity index (χ1v) is 3.95. The molecule has 5 nitrogen and oxygen atoms in total. The number of aldehydes is 1. The normalized spacial score (nSPS) is 9.57. The molecule has 0 N–H and O–H groups in total. The van der Waals surface area contributed by atoms with Gasteiger partial charge in [0.15, 0.2) is 12.0 Å². The van der Waals surface area contributed by atoms with Crippen LogP contribution >= 0.6 is 11.6 Å². The van der Waals surface area contributed by atoms with Crippen molar-refractivity contribution in [3.05, 3.63) is 32.8 Å². The number of nitro groups is 1. The first-order valence-electron chi connectivity index (χ1n) is 3.57. The second kappa shape index (κ2) is 4.06. The number of ether oxygens (including phenoxy) is 1. The molecule has 0 aliphatic heterocycles. The molecule has 0 aliphatic rings. The van der Waals surface area contributed by atoms with E-state index in [-0.39, 0.29) is 22.0 Å². The molecule has 1 aromatic carbocycles. The molecular weight excluding hydrogens is 210 g/mol. The van der Waals surface area contributed by atoms with Gasteiger partial charge < -0.3 is 4.74 Å². The molecule has 0 amide bonds. The smallest absolute Gasteiger partial charge is 0.311 e. The van der Waals surface area contributed by atoms with Crippen LogP contribution in [0.1, 0.15) is 10.4 Å². The number of nitrogens with zero attached hydrogens (tertiary/aromatic N) is 1. The van der Waals surface area contributed by atoms with E-state index >= 15 is 0 Å². The van der Waals surface area contributed by atoms with Gasteiger partial charge in [0.05, 0.1) is 17.1 Å². The Bertz CT molecular complexity index is 391. The summed E-state index contributed by atoms with van der Waals surface area (Å²) in [6.07, 6.45) is 0.453. The van der Waals surface area contributed by atoms with Gasteiger partial charge in [-0.1, -0.05) is 11.6 Å². The predicted molar refractivity (Wildman–Crippen MR) is 50.0 cm³/mol. The van der Waals surface area contributed by atoms with Crippen LogP contribution in [-0.2, 0) is 0 Å². The van der Waals surface area contributed by atoms with Gasteiger partial charge in [0.25, 0.3) is 0 Å². The van der Waals surface area contributed by atoms with Crippen LogP contribution in [0.2, 0.25) is 5.02 Å². The highest BCUT2D eigenvalue weighted by molar-refractivity contribution is 6.33. The van der Waals surface area contributed by atoms with Gasteiger partial charge >= 0.3 is 5.69 Å². The van der Waals surface area contributed by atoms with Crippen molar-refractivity contribution in [1.29, 1.82) is 0 Å². The summed E-state index contributed by atoms with van der Waals surface area (Å²) in [4.78, 5) is 20.3. The summed E-state index contributed by atoms with van der Waals surface area (Å²) in [6, 6.07) is 2.32. The number of halogens is 1. The minimum atomic E-state index is -0.637. The van der Waals surface area contributed by atoms with Crippen LogP contribution in [0.5, 0.6) is 5.75 Å². The Morgan fingerprint density at radius 1 is 1.57 bits per heavy atom. The fraction of sp³-hybridized carbons (Fsp3) is 0.125. The number of hydrogen-bond acceptors (Lipinski definition) is 4. The lowest BCUT2D eigenvalue weighted by atomic mass is 10.2. The number of nitro benzene ring substituents is 1. The number of benzene rings is 1. The van der Waals surface area contributed by atoms with E-state index in [0.29, 0.717) is 6.29 Å². The summed E-state index contributed by atoms with van der Waals surface area (Å²) in [5.74, 6) is 0.0330. The summed E-state index contributed by atoms with van der Waals surface area (Å²) in [7, 11) is 1.29. The third kappa shape index (κ3) is 1.82. The van der Waals surface area contributed by atoms with E-state index < -0.39 is 4.92 Å². The Kier molecular flexibility index (Phi) is 3.03. The summed E-state index contributed by atoms with van der Waals surface area (Å²) < 4.78 is 4.74. The monoisotopic (exact) mass is 215 g/mol. The minimum absolute atomic E-state index is 0.0330. The summed E-state index contributed by atoms with van der Waals surface area (Å²) in [5.41, 5.74) is -0.210. The van der Waals surface area contributed by atoms with Gasteiger partial charge in [-0.05, 0) is 0 Å². The lowest BCUT2D eigenvalue weighted by molar-refractivity contribution is -0.385. The van der Waals surface area contributed by atoms with Crippen molar-refractivity contribution in [2.75, 3.05) is 7.11 Å². The van der Waals surface area contributed by atoms with E-state index in [0.717, 1.165) is 6.07 Å². The van der Waals surface area contributed by atoms with Crippen molar-refractivity contribution in [3.63, 3.8) is 0 Å². The number of carbonyl (C=O) groups is 1. The van der Waals surface area contributed by atoms with E-state index in [9.17, 15) is 14.9 Å². The van der Waals surface area contributed by atoms with Crippen molar-refractivity contribution < 1.29 is 14.5 Å². The summed E-state index contributed by atoms with van der Waals surface area (Å²) in [5, 5.41) is 10.7. The number of rotatable bonds is 3. The van der Waals surface area contributed by atoms with E-state index in [2.05, 4.69) is 0 Å². The molecule has 0 fully saturated rings. The molecule has 0 spiro atoms. The molecule has 1 rings (SSSR count). The van der Waals surface area contributed by atoms with Crippen molar-refractivity contribution in [2.45, 2.75) is 0 Å². The molecule has 0 saturated heterocycles. The second-order valence-corrected chi connectivity index (χ2v) is 2.83. The zero-order valence-electron chi connectivity index (χ0n) is 7.19. The average Bonchev–Trinajstić information content (AvgIpc) is 2.16. The minimum Gasteiger partial charge on any atom is -0.490 e. The third-order valence-electron chi connectivity index (χ3n) is 1.62. The predicted octanol–water partition coefficient (Wildman–Crippen LogP) is 2.07. The van der Waals surface area contributed by atoms with Crippen LogP contribution in [0, 0.1) is 10.1 Å². The van der Waals surface area contributed by atoms with Gasteiger partial charge in [0.2, 0.25) is 0 Å². The zero-order chi connectivity index (χ0) is 10.7. The maximum Gasteiger partial charge on any atom is 0.311 e. The Morgan fingerprint density at radius 3 is 2.64 bits per heavy atom. The van der Waals surface area contributed by atoms with Gasteiger partial charge in [0.1, 0.15) is 0 Å². The molecule has 0 saturated carbocycles. The highest BCUT2D eigenvalue weighted by atomic mass is 35.5. The molecule has 0 heterocycles. The highest BCUT2D eigenvalue weighted by Crippen LogP contribution is 2.31. The van der Waals surface area contributed by atoms with Crippen LogP contribution in [0.25, 0.3) is 0 Å². The summed E-state index contributed by atoms with van der Waals surface area (Å²) in [6.45, 7) is 0. The van der Waals surface area contributed by atoms with Crippen molar-refractivity contribution in [3.8, 4) is 5.75 Å². The fourth-order valence-electron chi connectivity index (χ4n) is 0.956. The average molecular weight is 216 g/mol. The third-order valence-corrected chi connectivity index (χ3v) is 1.95. The Hall–Kier alpha value is -1.62. The van der Waals surface area contributed by atoms with Gasteiger partial charge in [-0.3, -0.25) is 14.9 Å². The number of methoxy groups -OCH3 is 1. The molecule has 74 valence electrons. The molecule has 14 heavy (non-hydrogen) atoms. The Morgan fingerprint density at radius 2 is 2.21 bits per heavy atom. The van der Waals surface area contributed by atoms with Crippen LogP contribution < -0.4 is 4.74 Å². The van der Waals surface area contributed by atoms with Crippen molar-refractivity contribution in [2.24, 2.45) is 0 Å². The topological polar surface area (TPSA) is 69.4 Å². The maximum absolute atomic E-state index is 10.5. The van der Waals surface area contributed by atoms with Crippen LogP contribution in [0.15, 0.2) is 12.1 Å². The van der Waals surface area contributed by atoms with Crippen molar-refractivity contribution >= 4 is 23.6 Å². The molecule has 6 heteroatoms. The molecule has 0 radical (unpaired) electrons. The van der Waals surface area contributed by atoms with Crippen LogP contribution in [0.3, 0.4) is 0 Å². The first kappa shape index (κ1) is 10.5. The molecule has 0 bridgehead atoms. The molecule has 0 aromatic heterocycles. The van der Waals surface area contributed by atoms with Gasteiger partial charge in [0, 0.05) is 17.7 Å². The first-order chi connectivity index (χ1) is 6.60. The lowest BCUT2D eigenvalue weighted by Gasteiger charge is -2.03. The fourth-order valence-corrected chi connectivity index (χ4v) is 1.15. The molecule has 1 aromatic rings. The molecule has 0 unspecified atom stereocenters. The van der Waals surface area contributed by atoms with Gasteiger partial charge in [-0.25, -0.2) is 0 Å². The second-order valence-electron chi connectivity index (χ2n) is 2.42. The Balaban J connectivity index is 3.39. The van der Waals surface area contributed by atoms with E-state index in [4.69, 9.17) is 16.3 Å². The van der Waals surface area contributed by atoms with Gasteiger partial charge in [-0.15, -0.1) is 0 Å². The van der Waals surface area contributed by atoms with E-state index in [1.807, 2.05) is 0 Å². The standard InChI is InChI=1S/C8H6ClNO4/c1-14-8-3-6(9)5(4-11)2-7(8)10(12)13/h2-4H,1H3. The van der Waals surface area contributed by atoms with Gasteiger partial charge in [-0.2, -0.15) is 0 Å². The molecule has 0 aliphatic carbocycles. The SMILES string of the molecule is COc1cc(Cl)c(C=O)cc1[N+](=O)[O-]. The maximum atomic E-state index is 10.5. The van der Waals surface area contributed by atoms with Crippen LogP contribution in [0.4, 0.5) is 5.69 Å². The quantitative estimate of drug-likeness (QED) is 0.440. The van der Waals surface area contributed by atoms with Crippen LogP contribution in [-0.4, -0.2) is 18.3 Å². The highest BCUT2D eigenvalue weighted by Gasteiger charge is 2.17. The zero-order valence-corrected chi connectivity index (χ0v) is 7.95. The molecular formula is C8H6ClNO4. The van der Waals surface area contributed by atoms with Crippen molar-refractivity contribution in [1.82, 2.24) is 0 Å². The van der Waals surface area contributed by atoms with E-state index in [1.165, 1.54) is 13.2 Å². The summed E-state index contributed by atoms with van der Waals surface area (Å²) >= 11 is 5.65. The molecule has 0 atom stereocenters. The van der Waals surface area contributed by atoms with E-state index in [1.54, 1.807) is 0 Å². The largest absolute Gasteiger partial charge is 0.490 e. The lowest BCUT2D eigenvalue weighted by Crippen LogP contribution is -1.95.